The van der Waals surface area contributed by atoms with Crippen molar-refractivity contribution in [1.82, 2.24) is 0 Å². The van der Waals surface area contributed by atoms with E-state index in [4.69, 9.17) is 0 Å². The lowest BCUT2D eigenvalue weighted by Gasteiger charge is -2.38. The molecule has 4 nitrogen and oxygen atoms in total. The summed E-state index contributed by atoms with van der Waals surface area (Å²) in [6, 6.07) is 17.7. The summed E-state index contributed by atoms with van der Waals surface area (Å²) in [7, 11) is 0. The molecule has 3 aromatic rings. The minimum Gasteiger partial charge on any atom is -0.508 e. The molecule has 1 aliphatic rings. The molecule has 7 heteroatoms. The molecule has 0 saturated carbocycles. The second-order valence-electron chi connectivity index (χ2n) is 6.37. The zero-order valence-electron chi connectivity index (χ0n) is 14.4. The molecule has 1 atom stereocenters. The van der Waals surface area contributed by atoms with Gasteiger partial charge in [-0.2, -0.15) is 13.2 Å². The molecule has 0 saturated heterocycles. The lowest BCUT2D eigenvalue weighted by atomic mass is 10.0. The second kappa shape index (κ2) is 6.60. The highest BCUT2D eigenvalue weighted by Gasteiger charge is 2.37. The van der Waals surface area contributed by atoms with Crippen LogP contribution in [-0.2, 0) is 6.18 Å². The Balaban J connectivity index is 1.89. The Morgan fingerprint density at radius 3 is 2.39 bits per heavy atom. The number of halogens is 3. The number of carbonyl (C=O) groups excluding carboxylic acids is 1. The largest absolute Gasteiger partial charge is 0.508 e. The highest BCUT2D eigenvalue weighted by molar-refractivity contribution is 6.12. The molecule has 0 fully saturated rings. The number of amides is 1. The number of alkyl halides is 3. The summed E-state index contributed by atoms with van der Waals surface area (Å²) in [5.41, 5.74) is 0.487. The van der Waals surface area contributed by atoms with E-state index in [-0.39, 0.29) is 11.4 Å². The van der Waals surface area contributed by atoms with E-state index in [0.29, 0.717) is 16.8 Å². The standard InChI is InChI=1S/C21H15F3N2O2/c22-21(23,24)13-6-5-7-14(12-13)26-19(16-9-2-4-11-18(16)27)25-17-10-3-1-8-15(17)20(26)28/h1-12,19,25,27H. The number of para-hydroxylation sites is 2. The summed E-state index contributed by atoms with van der Waals surface area (Å²) in [4.78, 5) is 14.4. The van der Waals surface area contributed by atoms with E-state index in [1.807, 2.05) is 0 Å². The first kappa shape index (κ1) is 17.9. The fourth-order valence-electron chi connectivity index (χ4n) is 3.29. The van der Waals surface area contributed by atoms with Gasteiger partial charge in [0, 0.05) is 16.9 Å². The SMILES string of the molecule is O=C1c2ccccc2NC(c2ccccc2O)N1c1cccc(C(F)(F)F)c1. The third-order valence-electron chi connectivity index (χ3n) is 4.61. The molecule has 0 aliphatic carbocycles. The van der Waals surface area contributed by atoms with Gasteiger partial charge in [0.25, 0.3) is 5.91 Å². The summed E-state index contributed by atoms with van der Waals surface area (Å²) in [5, 5.41) is 13.4. The fraction of sp³-hybridized carbons (Fsp3) is 0.0952. The lowest BCUT2D eigenvalue weighted by Crippen LogP contribution is -2.43. The molecule has 1 heterocycles. The monoisotopic (exact) mass is 384 g/mol. The number of hydrogen-bond donors (Lipinski definition) is 2. The van der Waals surface area contributed by atoms with Crippen molar-refractivity contribution < 1.29 is 23.1 Å². The molecular formula is C21H15F3N2O2. The zero-order valence-corrected chi connectivity index (χ0v) is 14.4. The molecule has 142 valence electrons. The highest BCUT2D eigenvalue weighted by atomic mass is 19.4. The Morgan fingerprint density at radius 1 is 0.929 bits per heavy atom. The Bertz CT molecular complexity index is 1050. The van der Waals surface area contributed by atoms with Crippen molar-refractivity contribution in [1.29, 1.82) is 0 Å². The molecular weight excluding hydrogens is 369 g/mol. The van der Waals surface area contributed by atoms with Crippen LogP contribution in [0.2, 0.25) is 0 Å². The number of phenols is 1. The van der Waals surface area contributed by atoms with E-state index in [0.717, 1.165) is 12.1 Å². The maximum absolute atomic E-state index is 13.2. The van der Waals surface area contributed by atoms with Crippen molar-refractivity contribution in [2.24, 2.45) is 0 Å². The van der Waals surface area contributed by atoms with Crippen LogP contribution in [0.5, 0.6) is 5.75 Å². The molecule has 1 unspecified atom stereocenters. The van der Waals surface area contributed by atoms with Gasteiger partial charge in [-0.1, -0.05) is 36.4 Å². The summed E-state index contributed by atoms with van der Waals surface area (Å²) >= 11 is 0. The summed E-state index contributed by atoms with van der Waals surface area (Å²) in [6.45, 7) is 0. The van der Waals surface area contributed by atoms with E-state index in [1.165, 1.54) is 23.1 Å². The van der Waals surface area contributed by atoms with Gasteiger partial charge in [0.05, 0.1) is 11.1 Å². The normalized spacial score (nSPS) is 16.5. The van der Waals surface area contributed by atoms with E-state index in [9.17, 15) is 23.1 Å². The smallest absolute Gasteiger partial charge is 0.416 e. The number of hydrogen-bond acceptors (Lipinski definition) is 3. The van der Waals surface area contributed by atoms with E-state index < -0.39 is 23.8 Å². The summed E-state index contributed by atoms with van der Waals surface area (Å²) in [6.07, 6.45) is -5.41. The zero-order chi connectivity index (χ0) is 19.9. The van der Waals surface area contributed by atoms with Gasteiger partial charge in [0.2, 0.25) is 0 Å². The Kier molecular flexibility index (Phi) is 4.22. The lowest BCUT2D eigenvalue weighted by molar-refractivity contribution is -0.137. The minimum atomic E-state index is -4.54. The quantitative estimate of drug-likeness (QED) is 0.640. The van der Waals surface area contributed by atoms with Crippen LogP contribution < -0.4 is 10.2 Å². The van der Waals surface area contributed by atoms with Gasteiger partial charge in [0.15, 0.2) is 0 Å². The number of nitrogens with one attached hydrogen (secondary N) is 1. The first-order valence-corrected chi connectivity index (χ1v) is 8.50. The van der Waals surface area contributed by atoms with Gasteiger partial charge < -0.3 is 10.4 Å². The number of rotatable bonds is 2. The highest BCUT2D eigenvalue weighted by Crippen LogP contribution is 2.40. The van der Waals surface area contributed by atoms with Crippen LogP contribution in [-0.4, -0.2) is 11.0 Å². The van der Waals surface area contributed by atoms with Crippen LogP contribution in [0.1, 0.15) is 27.7 Å². The van der Waals surface area contributed by atoms with E-state index in [1.54, 1.807) is 42.5 Å². The second-order valence-corrected chi connectivity index (χ2v) is 6.37. The van der Waals surface area contributed by atoms with E-state index in [2.05, 4.69) is 5.32 Å². The van der Waals surface area contributed by atoms with Crippen LogP contribution in [0.15, 0.2) is 72.8 Å². The maximum atomic E-state index is 13.2. The third kappa shape index (κ3) is 3.05. The minimum absolute atomic E-state index is 0.0656. The van der Waals surface area contributed by atoms with Crippen LogP contribution in [0.4, 0.5) is 24.5 Å². The number of aromatic hydroxyl groups is 1. The Labute approximate surface area is 158 Å². The molecule has 3 aromatic carbocycles. The topological polar surface area (TPSA) is 52.6 Å². The molecule has 1 aliphatic heterocycles. The Morgan fingerprint density at radius 2 is 1.64 bits per heavy atom. The van der Waals surface area contributed by atoms with Crippen LogP contribution in [0.3, 0.4) is 0 Å². The van der Waals surface area contributed by atoms with Crippen molar-refractivity contribution in [3.8, 4) is 5.75 Å². The predicted molar refractivity (Wildman–Crippen MR) is 99.2 cm³/mol. The van der Waals surface area contributed by atoms with Crippen molar-refractivity contribution >= 4 is 17.3 Å². The number of benzene rings is 3. The fourth-order valence-corrected chi connectivity index (χ4v) is 3.29. The first-order chi connectivity index (χ1) is 13.4. The first-order valence-electron chi connectivity index (χ1n) is 8.50. The number of fused-ring (bicyclic) bond motifs is 1. The maximum Gasteiger partial charge on any atom is 0.416 e. The number of nitrogens with zero attached hydrogens (tertiary/aromatic N) is 1. The van der Waals surface area contributed by atoms with Crippen LogP contribution >= 0.6 is 0 Å². The van der Waals surface area contributed by atoms with Gasteiger partial charge in [-0.05, 0) is 36.4 Å². The number of carbonyl (C=O) groups is 1. The van der Waals surface area contributed by atoms with Crippen molar-refractivity contribution in [2.75, 3.05) is 10.2 Å². The van der Waals surface area contributed by atoms with Crippen molar-refractivity contribution in [2.45, 2.75) is 12.3 Å². The van der Waals surface area contributed by atoms with Gasteiger partial charge in [-0.15, -0.1) is 0 Å². The summed E-state index contributed by atoms with van der Waals surface area (Å²) in [5.74, 6) is -0.522. The molecule has 0 radical (unpaired) electrons. The van der Waals surface area contributed by atoms with E-state index >= 15 is 0 Å². The Hall–Kier alpha value is -3.48. The average molecular weight is 384 g/mol. The van der Waals surface area contributed by atoms with Gasteiger partial charge in [-0.25, -0.2) is 0 Å². The van der Waals surface area contributed by atoms with Crippen molar-refractivity contribution in [3.05, 3.63) is 89.5 Å². The molecule has 1 amide bonds. The molecule has 28 heavy (non-hydrogen) atoms. The molecule has 0 spiro atoms. The predicted octanol–water partition coefficient (Wildman–Crippen LogP) is 5.18. The molecule has 2 N–H and O–H groups in total. The summed E-state index contributed by atoms with van der Waals surface area (Å²) < 4.78 is 39.6. The third-order valence-corrected chi connectivity index (χ3v) is 4.61. The molecule has 4 rings (SSSR count). The van der Waals surface area contributed by atoms with Crippen LogP contribution in [0.25, 0.3) is 0 Å². The van der Waals surface area contributed by atoms with Gasteiger partial charge in [0.1, 0.15) is 11.9 Å². The van der Waals surface area contributed by atoms with Crippen LogP contribution in [0, 0.1) is 0 Å². The van der Waals surface area contributed by atoms with Crippen molar-refractivity contribution in [3.63, 3.8) is 0 Å². The average Bonchev–Trinajstić information content (AvgIpc) is 2.68. The number of anilines is 2. The molecule has 0 bridgehead atoms. The molecule has 0 aromatic heterocycles. The number of phenolic OH excluding ortho intramolecular Hbond substituents is 1. The van der Waals surface area contributed by atoms with Gasteiger partial charge >= 0.3 is 6.18 Å². The van der Waals surface area contributed by atoms with Gasteiger partial charge in [-0.3, -0.25) is 9.69 Å².